The van der Waals surface area contributed by atoms with E-state index in [0.717, 1.165) is 45.6 Å². The summed E-state index contributed by atoms with van der Waals surface area (Å²) in [5.41, 5.74) is 0. The second kappa shape index (κ2) is 38.8. The molecule has 0 rings (SSSR count). The summed E-state index contributed by atoms with van der Waals surface area (Å²) in [4.78, 5) is 34.4. The van der Waals surface area contributed by atoms with Crippen LogP contribution in [0.1, 0.15) is 232 Å². The van der Waals surface area contributed by atoms with E-state index in [9.17, 15) is 19.0 Å². The number of carbonyl (C=O) groups is 2. The Morgan fingerprint density at radius 3 is 1.08 bits per heavy atom. The predicted octanol–water partition coefficient (Wildman–Crippen LogP) is 13.5. The van der Waals surface area contributed by atoms with Crippen molar-refractivity contribution in [3.05, 3.63) is 0 Å². The Morgan fingerprint density at radius 1 is 0.471 bits per heavy atom. The molecule has 0 aromatic carbocycles. The molecule has 0 aromatic heterocycles. The number of phosphoric acid groups is 1. The quantitative estimate of drug-likeness (QED) is 0.0374. The summed E-state index contributed by atoms with van der Waals surface area (Å²) in [6, 6.07) is 0. The van der Waals surface area contributed by atoms with Gasteiger partial charge in [-0.2, -0.15) is 0 Å². The SMILES string of the molecule is CCCCCCCCCCCCCCCCCCCCCCCC(=O)OC(COC(=O)CCCCCCCCCCCCC)COP(=O)(O)OC. The molecule has 0 radical (unpaired) electrons. The maximum atomic E-state index is 12.5. The van der Waals surface area contributed by atoms with Gasteiger partial charge in [0.1, 0.15) is 6.61 Å². The van der Waals surface area contributed by atoms with Crippen molar-refractivity contribution >= 4 is 19.8 Å². The lowest BCUT2D eigenvalue weighted by atomic mass is 10.0. The fourth-order valence-electron chi connectivity index (χ4n) is 6.48. The molecule has 0 spiro atoms. The molecule has 9 heteroatoms. The van der Waals surface area contributed by atoms with Crippen LogP contribution in [-0.4, -0.2) is 43.3 Å². The van der Waals surface area contributed by atoms with Crippen molar-refractivity contribution < 1.29 is 37.6 Å². The summed E-state index contributed by atoms with van der Waals surface area (Å²) in [6.07, 6.45) is 40.2. The fraction of sp³-hybridized carbons (Fsp3) is 0.952. The largest absolute Gasteiger partial charge is 0.472 e. The summed E-state index contributed by atoms with van der Waals surface area (Å²) in [5, 5.41) is 0. The Bertz CT molecular complexity index is 808. The highest BCUT2D eigenvalue weighted by molar-refractivity contribution is 7.47. The van der Waals surface area contributed by atoms with Crippen LogP contribution in [0.2, 0.25) is 0 Å². The average molecular weight is 747 g/mol. The minimum Gasteiger partial charge on any atom is -0.462 e. The minimum absolute atomic E-state index is 0.217. The highest BCUT2D eigenvalue weighted by Crippen LogP contribution is 2.42. The van der Waals surface area contributed by atoms with E-state index < -0.39 is 26.5 Å². The Hall–Kier alpha value is -0.950. The molecular weight excluding hydrogens is 663 g/mol. The Morgan fingerprint density at radius 2 is 0.765 bits per heavy atom. The summed E-state index contributed by atoms with van der Waals surface area (Å²) in [7, 11) is -3.18. The van der Waals surface area contributed by atoms with E-state index in [1.807, 2.05) is 0 Å². The van der Waals surface area contributed by atoms with Crippen LogP contribution < -0.4 is 0 Å². The molecule has 2 atom stereocenters. The minimum atomic E-state index is -4.25. The first-order valence-corrected chi connectivity index (χ1v) is 23.2. The van der Waals surface area contributed by atoms with Gasteiger partial charge in [-0.05, 0) is 12.8 Å². The molecule has 8 nitrogen and oxygen atoms in total. The molecule has 0 fully saturated rings. The van der Waals surface area contributed by atoms with Gasteiger partial charge in [0.25, 0.3) is 0 Å². The third-order valence-corrected chi connectivity index (χ3v) is 10.8. The van der Waals surface area contributed by atoms with Gasteiger partial charge in [0.05, 0.1) is 6.61 Å². The van der Waals surface area contributed by atoms with Gasteiger partial charge in [0, 0.05) is 20.0 Å². The number of esters is 2. The molecule has 0 aliphatic rings. The van der Waals surface area contributed by atoms with Gasteiger partial charge < -0.3 is 14.4 Å². The maximum absolute atomic E-state index is 12.5. The number of unbranched alkanes of at least 4 members (excludes halogenated alkanes) is 30. The number of carbonyl (C=O) groups excluding carboxylic acids is 2. The maximum Gasteiger partial charge on any atom is 0.472 e. The van der Waals surface area contributed by atoms with Crippen LogP contribution in [0.3, 0.4) is 0 Å². The lowest BCUT2D eigenvalue weighted by Gasteiger charge is -2.19. The zero-order valence-electron chi connectivity index (χ0n) is 33.8. The number of hydrogen-bond donors (Lipinski definition) is 1. The average Bonchev–Trinajstić information content (AvgIpc) is 3.12. The first kappa shape index (κ1) is 50.1. The first-order chi connectivity index (χ1) is 24.8. The van der Waals surface area contributed by atoms with Crippen molar-refractivity contribution in [2.75, 3.05) is 20.3 Å². The van der Waals surface area contributed by atoms with Gasteiger partial charge in [-0.25, -0.2) is 4.57 Å². The molecule has 0 bridgehead atoms. The number of phosphoric ester groups is 1. The molecule has 0 amide bonds. The van der Waals surface area contributed by atoms with Crippen LogP contribution in [0, 0.1) is 0 Å². The van der Waals surface area contributed by atoms with E-state index in [-0.39, 0.29) is 19.0 Å². The summed E-state index contributed by atoms with van der Waals surface area (Å²) >= 11 is 0. The van der Waals surface area contributed by atoms with E-state index in [4.69, 9.17) is 14.0 Å². The summed E-state index contributed by atoms with van der Waals surface area (Å²) < 4.78 is 32.0. The van der Waals surface area contributed by atoms with Crippen molar-refractivity contribution in [2.24, 2.45) is 0 Å². The normalized spacial score (nSPS) is 13.3. The molecule has 0 aliphatic heterocycles. The molecule has 1 N–H and O–H groups in total. The van der Waals surface area contributed by atoms with Gasteiger partial charge in [-0.15, -0.1) is 0 Å². The van der Waals surface area contributed by atoms with E-state index in [0.29, 0.717) is 6.42 Å². The third kappa shape index (κ3) is 38.6. The van der Waals surface area contributed by atoms with Crippen LogP contribution in [-0.2, 0) is 32.7 Å². The molecule has 2 unspecified atom stereocenters. The van der Waals surface area contributed by atoms with Gasteiger partial charge in [-0.3, -0.25) is 18.6 Å². The van der Waals surface area contributed by atoms with Crippen LogP contribution in [0.5, 0.6) is 0 Å². The zero-order valence-corrected chi connectivity index (χ0v) is 34.7. The van der Waals surface area contributed by atoms with E-state index in [1.165, 1.54) is 167 Å². The molecule has 0 saturated carbocycles. The molecular formula is C42H83O8P. The molecule has 0 heterocycles. The van der Waals surface area contributed by atoms with Gasteiger partial charge in [-0.1, -0.05) is 206 Å². The molecule has 304 valence electrons. The molecule has 0 aliphatic carbocycles. The zero-order chi connectivity index (χ0) is 37.5. The van der Waals surface area contributed by atoms with Crippen LogP contribution in [0.25, 0.3) is 0 Å². The monoisotopic (exact) mass is 747 g/mol. The smallest absolute Gasteiger partial charge is 0.462 e. The first-order valence-electron chi connectivity index (χ1n) is 21.7. The van der Waals surface area contributed by atoms with Crippen molar-refractivity contribution in [1.82, 2.24) is 0 Å². The standard InChI is InChI=1S/C42H83O8P/c1-4-6-8-10-12-14-16-17-18-19-20-21-22-23-24-25-27-29-31-33-35-37-42(44)50-40(39-49-51(45,46)47-3)38-48-41(43)36-34-32-30-28-26-15-13-11-9-7-5-2/h40H,4-39H2,1-3H3,(H,45,46). The van der Waals surface area contributed by atoms with E-state index >= 15 is 0 Å². The van der Waals surface area contributed by atoms with E-state index in [2.05, 4.69) is 18.4 Å². The van der Waals surface area contributed by atoms with Crippen molar-refractivity contribution in [3.8, 4) is 0 Å². The van der Waals surface area contributed by atoms with Crippen LogP contribution in [0.4, 0.5) is 0 Å². The predicted molar refractivity (Wildman–Crippen MR) is 212 cm³/mol. The topological polar surface area (TPSA) is 108 Å². The van der Waals surface area contributed by atoms with Crippen molar-refractivity contribution in [2.45, 2.75) is 238 Å². The number of hydrogen-bond acceptors (Lipinski definition) is 7. The Balaban J connectivity index is 3.88. The van der Waals surface area contributed by atoms with Crippen molar-refractivity contribution in [3.63, 3.8) is 0 Å². The van der Waals surface area contributed by atoms with E-state index in [1.54, 1.807) is 0 Å². The summed E-state index contributed by atoms with van der Waals surface area (Å²) in [5.74, 6) is -0.789. The lowest BCUT2D eigenvalue weighted by molar-refractivity contribution is -0.161. The number of ether oxygens (including phenoxy) is 2. The molecule has 51 heavy (non-hydrogen) atoms. The summed E-state index contributed by atoms with van der Waals surface area (Å²) in [6.45, 7) is 3.91. The van der Waals surface area contributed by atoms with Crippen LogP contribution in [0.15, 0.2) is 0 Å². The molecule has 0 saturated heterocycles. The van der Waals surface area contributed by atoms with Gasteiger partial charge >= 0.3 is 19.8 Å². The molecule has 0 aromatic rings. The fourth-order valence-corrected chi connectivity index (χ4v) is 6.94. The lowest BCUT2D eigenvalue weighted by Crippen LogP contribution is -2.29. The highest BCUT2D eigenvalue weighted by Gasteiger charge is 2.24. The third-order valence-electron chi connectivity index (χ3n) is 9.85. The second-order valence-electron chi connectivity index (χ2n) is 14.8. The number of rotatable bonds is 41. The van der Waals surface area contributed by atoms with Gasteiger partial charge in [0.15, 0.2) is 6.10 Å². The van der Waals surface area contributed by atoms with Crippen LogP contribution >= 0.6 is 7.82 Å². The Labute approximate surface area is 315 Å². The van der Waals surface area contributed by atoms with Crippen molar-refractivity contribution in [1.29, 1.82) is 0 Å². The van der Waals surface area contributed by atoms with Gasteiger partial charge in [0.2, 0.25) is 0 Å². The Kier molecular flexibility index (Phi) is 38.0. The highest BCUT2D eigenvalue weighted by atomic mass is 31.2. The second-order valence-corrected chi connectivity index (χ2v) is 16.4.